The Balaban J connectivity index is 1.95. The quantitative estimate of drug-likeness (QED) is 0.543. The number of rotatable bonds is 8. The van der Waals surface area contributed by atoms with Crippen molar-refractivity contribution in [3.05, 3.63) is 35.4 Å². The number of benzene rings is 1. The molecule has 0 aliphatic carbocycles. The Bertz CT molecular complexity index is 588. The summed E-state index contributed by atoms with van der Waals surface area (Å²) in [6, 6.07) is 8.72. The van der Waals surface area contributed by atoms with Gasteiger partial charge in [0.25, 0.3) is 0 Å². The number of hydrogen-bond acceptors (Lipinski definition) is 3. The van der Waals surface area contributed by atoms with E-state index in [2.05, 4.69) is 79.6 Å². The minimum absolute atomic E-state index is 0.141. The first-order chi connectivity index (χ1) is 12.9. The van der Waals surface area contributed by atoms with Crippen LogP contribution in [0.4, 0.5) is 0 Å². The second kappa shape index (κ2) is 10.7. The molecule has 0 amide bonds. The van der Waals surface area contributed by atoms with Crippen LogP contribution < -0.4 is 10.6 Å². The summed E-state index contributed by atoms with van der Waals surface area (Å²) in [4.78, 5) is 9.61. The molecule has 152 valence electrons. The van der Waals surface area contributed by atoms with E-state index in [0.29, 0.717) is 6.54 Å². The van der Waals surface area contributed by atoms with Crippen LogP contribution in [-0.2, 0) is 13.1 Å². The van der Waals surface area contributed by atoms with Crippen LogP contribution in [-0.4, -0.2) is 61.6 Å². The largest absolute Gasteiger partial charge is 0.357 e. The number of nitrogens with one attached hydrogen (secondary N) is 2. The van der Waals surface area contributed by atoms with Crippen LogP contribution in [0.5, 0.6) is 0 Å². The lowest BCUT2D eigenvalue weighted by Crippen LogP contribution is -2.54. The van der Waals surface area contributed by atoms with Gasteiger partial charge in [0.1, 0.15) is 0 Å². The van der Waals surface area contributed by atoms with Crippen LogP contribution in [0.3, 0.4) is 0 Å². The molecule has 5 nitrogen and oxygen atoms in total. The zero-order valence-electron chi connectivity index (χ0n) is 18.0. The molecule has 0 aromatic heterocycles. The van der Waals surface area contributed by atoms with E-state index < -0.39 is 0 Å². The first kappa shape index (κ1) is 21.7. The Hall–Kier alpha value is -1.59. The van der Waals surface area contributed by atoms with Crippen molar-refractivity contribution in [2.45, 2.75) is 58.7 Å². The van der Waals surface area contributed by atoms with Gasteiger partial charge in [-0.15, -0.1) is 0 Å². The summed E-state index contributed by atoms with van der Waals surface area (Å²) < 4.78 is 0. The van der Waals surface area contributed by atoms with Crippen LogP contribution in [0.2, 0.25) is 0 Å². The smallest absolute Gasteiger partial charge is 0.191 e. The normalized spacial score (nSPS) is 16.6. The first-order valence-corrected chi connectivity index (χ1v) is 10.4. The number of aliphatic imine (C=N–C) groups is 1. The molecule has 1 aromatic rings. The number of guanidine groups is 1. The highest BCUT2D eigenvalue weighted by atomic mass is 15.2. The van der Waals surface area contributed by atoms with E-state index >= 15 is 0 Å². The summed E-state index contributed by atoms with van der Waals surface area (Å²) >= 11 is 0. The molecule has 1 aliphatic heterocycles. The Morgan fingerprint density at radius 1 is 1.11 bits per heavy atom. The van der Waals surface area contributed by atoms with Crippen molar-refractivity contribution in [3.63, 3.8) is 0 Å². The van der Waals surface area contributed by atoms with Crippen LogP contribution >= 0.6 is 0 Å². The molecule has 5 heteroatoms. The van der Waals surface area contributed by atoms with Crippen molar-refractivity contribution in [2.75, 3.05) is 40.3 Å². The highest BCUT2D eigenvalue weighted by molar-refractivity contribution is 5.79. The lowest BCUT2D eigenvalue weighted by atomic mass is 9.98. The van der Waals surface area contributed by atoms with E-state index in [1.54, 1.807) is 0 Å². The van der Waals surface area contributed by atoms with Crippen molar-refractivity contribution < 1.29 is 0 Å². The topological polar surface area (TPSA) is 42.9 Å². The Labute approximate surface area is 166 Å². The summed E-state index contributed by atoms with van der Waals surface area (Å²) in [5.74, 6) is 0.903. The molecule has 0 atom stereocenters. The fourth-order valence-corrected chi connectivity index (χ4v) is 3.61. The van der Waals surface area contributed by atoms with Crippen LogP contribution in [0, 0.1) is 0 Å². The number of likely N-dealkylation sites (tertiary alicyclic amines) is 1. The monoisotopic (exact) mass is 373 g/mol. The molecule has 0 saturated carbocycles. The molecule has 1 saturated heterocycles. The van der Waals surface area contributed by atoms with Crippen molar-refractivity contribution in [3.8, 4) is 0 Å². The maximum absolute atomic E-state index is 4.81. The molecule has 0 radical (unpaired) electrons. The van der Waals surface area contributed by atoms with E-state index in [4.69, 9.17) is 4.99 Å². The number of hydrogen-bond donors (Lipinski definition) is 2. The van der Waals surface area contributed by atoms with Gasteiger partial charge in [0, 0.05) is 25.2 Å². The van der Waals surface area contributed by atoms with Crippen molar-refractivity contribution in [1.29, 1.82) is 0 Å². The SMILES string of the molecule is CCNC(=NCc1cccc(CN(C)C)c1)NCC(C)(C)N1CCCCC1. The highest BCUT2D eigenvalue weighted by Gasteiger charge is 2.27. The lowest BCUT2D eigenvalue weighted by Gasteiger charge is -2.41. The Morgan fingerprint density at radius 2 is 1.81 bits per heavy atom. The van der Waals surface area contributed by atoms with Gasteiger partial charge in [-0.2, -0.15) is 0 Å². The maximum atomic E-state index is 4.81. The molecule has 1 aliphatic rings. The summed E-state index contributed by atoms with van der Waals surface area (Å²) in [5.41, 5.74) is 2.72. The van der Waals surface area contributed by atoms with E-state index in [1.165, 1.54) is 43.5 Å². The van der Waals surface area contributed by atoms with E-state index in [0.717, 1.165) is 25.6 Å². The van der Waals surface area contributed by atoms with E-state index in [-0.39, 0.29) is 5.54 Å². The second-order valence-corrected chi connectivity index (χ2v) is 8.47. The third-order valence-electron chi connectivity index (χ3n) is 5.15. The number of piperidine rings is 1. The van der Waals surface area contributed by atoms with Gasteiger partial charge in [-0.1, -0.05) is 30.7 Å². The molecule has 0 unspecified atom stereocenters. The fourth-order valence-electron chi connectivity index (χ4n) is 3.61. The molecule has 0 spiro atoms. The van der Waals surface area contributed by atoms with E-state index in [1.807, 2.05) is 0 Å². The minimum Gasteiger partial charge on any atom is -0.357 e. The van der Waals surface area contributed by atoms with Gasteiger partial charge in [-0.05, 0) is 71.9 Å². The predicted octanol–water partition coefficient (Wildman–Crippen LogP) is 3.07. The predicted molar refractivity (Wildman–Crippen MR) is 116 cm³/mol. The molecule has 1 fully saturated rings. The molecular weight excluding hydrogens is 334 g/mol. The standard InChI is InChI=1S/C22H39N5/c1-6-23-21(25-18-22(2,3)27-13-8-7-9-14-27)24-16-19-11-10-12-20(15-19)17-26(4)5/h10-12,15H,6-9,13-14,16-18H2,1-5H3,(H2,23,24,25). The van der Waals surface area contributed by atoms with Gasteiger partial charge < -0.3 is 15.5 Å². The van der Waals surface area contributed by atoms with Gasteiger partial charge in [0.2, 0.25) is 0 Å². The third kappa shape index (κ3) is 7.51. The molecule has 27 heavy (non-hydrogen) atoms. The molecule has 2 rings (SSSR count). The number of nitrogens with zero attached hydrogens (tertiary/aromatic N) is 3. The lowest BCUT2D eigenvalue weighted by molar-refractivity contribution is 0.0982. The van der Waals surface area contributed by atoms with Crippen molar-refractivity contribution in [2.24, 2.45) is 4.99 Å². The molecule has 0 bridgehead atoms. The van der Waals surface area contributed by atoms with Gasteiger partial charge in [-0.3, -0.25) is 4.90 Å². The first-order valence-electron chi connectivity index (χ1n) is 10.4. The Morgan fingerprint density at radius 3 is 2.48 bits per heavy atom. The highest BCUT2D eigenvalue weighted by Crippen LogP contribution is 2.19. The molecule has 1 heterocycles. The zero-order chi connectivity index (χ0) is 19.7. The minimum atomic E-state index is 0.141. The molecular formula is C22H39N5. The summed E-state index contributed by atoms with van der Waals surface area (Å²) in [6.07, 6.45) is 4.01. The Kier molecular flexibility index (Phi) is 8.58. The third-order valence-corrected chi connectivity index (χ3v) is 5.15. The van der Waals surface area contributed by atoms with Crippen molar-refractivity contribution >= 4 is 5.96 Å². The van der Waals surface area contributed by atoms with Crippen LogP contribution in [0.25, 0.3) is 0 Å². The molecule has 2 N–H and O–H groups in total. The second-order valence-electron chi connectivity index (χ2n) is 8.47. The zero-order valence-corrected chi connectivity index (χ0v) is 18.0. The maximum Gasteiger partial charge on any atom is 0.191 e. The van der Waals surface area contributed by atoms with Gasteiger partial charge in [0.15, 0.2) is 5.96 Å². The summed E-state index contributed by atoms with van der Waals surface area (Å²) in [5, 5.41) is 6.95. The van der Waals surface area contributed by atoms with Crippen molar-refractivity contribution in [1.82, 2.24) is 20.4 Å². The van der Waals surface area contributed by atoms with Crippen LogP contribution in [0.15, 0.2) is 29.3 Å². The van der Waals surface area contributed by atoms with Crippen LogP contribution in [0.1, 0.15) is 51.2 Å². The average Bonchev–Trinajstić information content (AvgIpc) is 2.64. The van der Waals surface area contributed by atoms with Gasteiger partial charge >= 0.3 is 0 Å². The average molecular weight is 374 g/mol. The summed E-state index contributed by atoms with van der Waals surface area (Å²) in [6.45, 7) is 12.6. The summed E-state index contributed by atoms with van der Waals surface area (Å²) in [7, 11) is 4.20. The fraction of sp³-hybridized carbons (Fsp3) is 0.682. The molecule has 1 aromatic carbocycles. The van der Waals surface area contributed by atoms with Gasteiger partial charge in [0.05, 0.1) is 6.54 Å². The van der Waals surface area contributed by atoms with E-state index in [9.17, 15) is 0 Å². The van der Waals surface area contributed by atoms with Gasteiger partial charge in [-0.25, -0.2) is 4.99 Å².